The second-order valence-corrected chi connectivity index (χ2v) is 8.32. The summed E-state index contributed by atoms with van der Waals surface area (Å²) in [6, 6.07) is 7.75. The SMILES string of the molecule is C[N+](C)(C)CNC(=O)n1c(O)c(C(=O)c2cccs2)c2cc(Cl)ccc21. The highest BCUT2D eigenvalue weighted by Gasteiger charge is 2.27. The molecule has 0 saturated heterocycles. The second-order valence-electron chi connectivity index (χ2n) is 6.93. The van der Waals surface area contributed by atoms with Gasteiger partial charge in [-0.1, -0.05) is 17.7 Å². The van der Waals surface area contributed by atoms with Crippen LogP contribution in [0.2, 0.25) is 5.02 Å². The topological polar surface area (TPSA) is 71.3 Å². The van der Waals surface area contributed by atoms with E-state index in [2.05, 4.69) is 5.32 Å². The number of aromatic nitrogens is 1. The van der Waals surface area contributed by atoms with Gasteiger partial charge in [0.1, 0.15) is 0 Å². The number of carbonyl (C=O) groups excluding carboxylic acids is 2. The Labute approximate surface area is 159 Å². The van der Waals surface area contributed by atoms with E-state index in [1.54, 1.807) is 35.7 Å². The summed E-state index contributed by atoms with van der Waals surface area (Å²) in [6.07, 6.45) is 0. The quantitative estimate of drug-likeness (QED) is 0.405. The van der Waals surface area contributed by atoms with Crippen molar-refractivity contribution in [2.24, 2.45) is 0 Å². The lowest BCUT2D eigenvalue weighted by Gasteiger charge is -2.24. The fraction of sp³-hybridized carbons (Fsp3) is 0.222. The lowest BCUT2D eigenvalue weighted by molar-refractivity contribution is -0.872. The molecule has 1 amide bonds. The maximum atomic E-state index is 12.9. The number of aromatic hydroxyl groups is 1. The largest absolute Gasteiger partial charge is 0.494 e. The molecule has 3 rings (SSSR count). The molecule has 0 aliphatic carbocycles. The van der Waals surface area contributed by atoms with Crippen molar-refractivity contribution in [2.75, 3.05) is 27.8 Å². The molecule has 2 aromatic heterocycles. The predicted octanol–water partition coefficient (Wildman–Crippen LogP) is 3.51. The van der Waals surface area contributed by atoms with Gasteiger partial charge in [0.15, 0.2) is 6.67 Å². The highest BCUT2D eigenvalue weighted by atomic mass is 35.5. The fourth-order valence-electron chi connectivity index (χ4n) is 2.59. The molecule has 1 aromatic carbocycles. The van der Waals surface area contributed by atoms with Gasteiger partial charge >= 0.3 is 6.03 Å². The number of nitrogens with one attached hydrogen (secondary N) is 1. The molecule has 2 heterocycles. The molecule has 26 heavy (non-hydrogen) atoms. The van der Waals surface area contributed by atoms with Crippen molar-refractivity contribution >= 4 is 45.7 Å². The first-order chi connectivity index (χ1) is 12.2. The molecule has 0 saturated carbocycles. The number of ketones is 1. The summed E-state index contributed by atoms with van der Waals surface area (Å²) in [5, 5.41) is 16.1. The minimum Gasteiger partial charge on any atom is -0.494 e. The third-order valence-corrected chi connectivity index (χ3v) is 4.89. The van der Waals surface area contributed by atoms with Gasteiger partial charge in [0, 0.05) is 10.4 Å². The lowest BCUT2D eigenvalue weighted by atomic mass is 10.1. The molecule has 2 N–H and O–H groups in total. The molecule has 0 spiro atoms. The van der Waals surface area contributed by atoms with Crippen LogP contribution in [-0.2, 0) is 0 Å². The zero-order chi connectivity index (χ0) is 19.1. The van der Waals surface area contributed by atoms with Crippen molar-refractivity contribution in [3.8, 4) is 5.88 Å². The number of nitrogens with zero attached hydrogens (tertiary/aromatic N) is 2. The fourth-order valence-corrected chi connectivity index (χ4v) is 3.44. The van der Waals surface area contributed by atoms with Crippen LogP contribution in [0.4, 0.5) is 4.79 Å². The Hall–Kier alpha value is -2.35. The summed E-state index contributed by atoms with van der Waals surface area (Å²) in [4.78, 5) is 26.0. The number of hydrogen-bond donors (Lipinski definition) is 2. The third kappa shape index (κ3) is 3.46. The Balaban J connectivity index is 2.14. The van der Waals surface area contributed by atoms with Gasteiger partial charge in [-0.3, -0.25) is 10.1 Å². The van der Waals surface area contributed by atoms with Crippen molar-refractivity contribution in [1.82, 2.24) is 9.88 Å². The van der Waals surface area contributed by atoms with Crippen LogP contribution in [-0.4, -0.2) is 53.8 Å². The van der Waals surface area contributed by atoms with Crippen LogP contribution in [0, 0.1) is 0 Å². The summed E-state index contributed by atoms with van der Waals surface area (Å²) >= 11 is 7.35. The number of hydrogen-bond acceptors (Lipinski definition) is 4. The average molecular weight is 393 g/mol. The minimum atomic E-state index is -0.506. The van der Waals surface area contributed by atoms with Crippen LogP contribution in [0.5, 0.6) is 5.88 Å². The van der Waals surface area contributed by atoms with Crippen molar-refractivity contribution in [3.63, 3.8) is 0 Å². The number of halogens is 1. The molecule has 0 aliphatic rings. The molecule has 6 nitrogen and oxygen atoms in total. The summed E-state index contributed by atoms with van der Waals surface area (Å²) in [5.41, 5.74) is 0.496. The van der Waals surface area contributed by atoms with Crippen LogP contribution in [0.1, 0.15) is 15.2 Å². The van der Waals surface area contributed by atoms with Gasteiger partial charge in [-0.2, -0.15) is 0 Å². The first-order valence-corrected chi connectivity index (χ1v) is 9.14. The Bertz CT molecular complexity index is 987. The van der Waals surface area contributed by atoms with E-state index in [9.17, 15) is 14.7 Å². The third-order valence-electron chi connectivity index (χ3n) is 3.78. The summed E-state index contributed by atoms with van der Waals surface area (Å²) < 4.78 is 1.63. The molecule has 8 heteroatoms. The zero-order valence-electron chi connectivity index (χ0n) is 14.6. The molecule has 0 atom stereocenters. The molecule has 0 radical (unpaired) electrons. The summed E-state index contributed by atoms with van der Waals surface area (Å²) in [7, 11) is 5.79. The van der Waals surface area contributed by atoms with Gasteiger partial charge in [0.2, 0.25) is 11.7 Å². The number of fused-ring (bicyclic) bond motifs is 1. The Morgan fingerprint density at radius 2 is 2.00 bits per heavy atom. The molecule has 136 valence electrons. The van der Waals surface area contributed by atoms with E-state index in [0.29, 0.717) is 32.0 Å². The summed E-state index contributed by atoms with van der Waals surface area (Å²) in [5.74, 6) is -0.734. The Kier molecular flexibility index (Phi) is 4.79. The monoisotopic (exact) mass is 392 g/mol. The van der Waals surface area contributed by atoms with Gasteiger partial charge in [0.05, 0.1) is 37.1 Å². The van der Waals surface area contributed by atoms with Crippen LogP contribution < -0.4 is 5.32 Å². The number of rotatable bonds is 4. The Morgan fingerprint density at radius 1 is 1.27 bits per heavy atom. The first kappa shape index (κ1) is 18.4. The Morgan fingerprint density at radius 3 is 2.62 bits per heavy atom. The zero-order valence-corrected chi connectivity index (χ0v) is 16.2. The second kappa shape index (κ2) is 6.75. The highest BCUT2D eigenvalue weighted by Crippen LogP contribution is 2.35. The van der Waals surface area contributed by atoms with Crippen molar-refractivity contribution in [1.29, 1.82) is 0 Å². The smallest absolute Gasteiger partial charge is 0.333 e. The average Bonchev–Trinajstić information content (AvgIpc) is 3.17. The van der Waals surface area contributed by atoms with Gasteiger partial charge in [-0.15, -0.1) is 11.3 Å². The minimum absolute atomic E-state index is 0.0744. The normalized spacial score (nSPS) is 11.7. The predicted molar refractivity (Wildman–Crippen MR) is 103 cm³/mol. The van der Waals surface area contributed by atoms with Crippen molar-refractivity contribution in [2.45, 2.75) is 0 Å². The molecular formula is C18H19ClN3O3S+. The molecule has 0 aliphatic heterocycles. The van der Waals surface area contributed by atoms with E-state index in [1.165, 1.54) is 11.3 Å². The maximum absolute atomic E-state index is 12.9. The van der Waals surface area contributed by atoms with Crippen LogP contribution >= 0.6 is 22.9 Å². The van der Waals surface area contributed by atoms with Crippen molar-refractivity contribution in [3.05, 3.63) is 51.2 Å². The maximum Gasteiger partial charge on any atom is 0.333 e. The standard InChI is InChI=1S/C18H18ClN3O3S/c1-22(2,3)10-20-18(25)21-13-7-6-11(19)9-12(13)15(17(21)24)16(23)14-5-4-8-26-14/h4-9H,10H2,1-3H3,(H-,20,23,24,25)/p+1. The number of benzene rings is 1. The highest BCUT2D eigenvalue weighted by molar-refractivity contribution is 7.12. The van der Waals surface area contributed by atoms with E-state index in [0.717, 1.165) is 4.57 Å². The van der Waals surface area contributed by atoms with Crippen LogP contribution in [0.25, 0.3) is 10.9 Å². The number of quaternary nitrogens is 1. The first-order valence-electron chi connectivity index (χ1n) is 7.89. The van der Waals surface area contributed by atoms with Crippen LogP contribution in [0.3, 0.4) is 0 Å². The van der Waals surface area contributed by atoms with Gasteiger partial charge < -0.3 is 9.59 Å². The van der Waals surface area contributed by atoms with Crippen molar-refractivity contribution < 1.29 is 19.2 Å². The van der Waals surface area contributed by atoms with E-state index >= 15 is 0 Å². The molecule has 0 unspecified atom stereocenters. The van der Waals surface area contributed by atoms with E-state index in [4.69, 9.17) is 11.6 Å². The van der Waals surface area contributed by atoms with E-state index in [1.807, 2.05) is 21.1 Å². The van der Waals surface area contributed by atoms with Crippen LogP contribution in [0.15, 0.2) is 35.7 Å². The molecule has 0 bridgehead atoms. The van der Waals surface area contributed by atoms with E-state index < -0.39 is 6.03 Å². The summed E-state index contributed by atoms with van der Waals surface area (Å²) in [6.45, 7) is 0.361. The molecule has 3 aromatic rings. The lowest BCUT2D eigenvalue weighted by Crippen LogP contribution is -2.46. The van der Waals surface area contributed by atoms with Gasteiger partial charge in [-0.25, -0.2) is 9.36 Å². The molecular weight excluding hydrogens is 374 g/mol. The number of thiophene rings is 1. The number of carbonyl (C=O) groups is 2. The molecule has 0 fully saturated rings. The van der Waals surface area contributed by atoms with Gasteiger partial charge in [0.25, 0.3) is 0 Å². The van der Waals surface area contributed by atoms with E-state index in [-0.39, 0.29) is 17.2 Å². The number of amides is 1. The van der Waals surface area contributed by atoms with Gasteiger partial charge in [-0.05, 0) is 29.6 Å².